The van der Waals surface area contributed by atoms with E-state index in [2.05, 4.69) is 11.8 Å². The number of ether oxygens (including phenoxy) is 1. The molecule has 1 saturated heterocycles. The van der Waals surface area contributed by atoms with E-state index in [-0.39, 0.29) is 5.82 Å². The zero-order chi connectivity index (χ0) is 10.7. The van der Waals surface area contributed by atoms with E-state index >= 15 is 0 Å². The van der Waals surface area contributed by atoms with E-state index in [4.69, 9.17) is 4.74 Å². The quantitative estimate of drug-likeness (QED) is 0.739. The second-order valence-electron chi connectivity index (χ2n) is 4.02. The van der Waals surface area contributed by atoms with Crippen molar-refractivity contribution in [1.82, 2.24) is 4.90 Å². The van der Waals surface area contributed by atoms with Crippen LogP contribution in [0.1, 0.15) is 12.5 Å². The minimum Gasteiger partial charge on any atom is -0.379 e. The third kappa shape index (κ3) is 2.76. The van der Waals surface area contributed by atoms with Crippen LogP contribution < -0.4 is 0 Å². The summed E-state index contributed by atoms with van der Waals surface area (Å²) in [6, 6.07) is 7.17. The lowest BCUT2D eigenvalue weighted by Crippen LogP contribution is -2.42. The molecule has 1 heterocycles. The van der Waals surface area contributed by atoms with Crippen molar-refractivity contribution in [1.29, 1.82) is 0 Å². The van der Waals surface area contributed by atoms with E-state index in [1.807, 2.05) is 12.1 Å². The first kappa shape index (κ1) is 10.6. The van der Waals surface area contributed by atoms with Crippen molar-refractivity contribution in [2.24, 2.45) is 0 Å². The SMILES string of the molecule is CC1COCCN1Cc1ccc(F)cc1. The van der Waals surface area contributed by atoms with Gasteiger partial charge >= 0.3 is 0 Å². The fraction of sp³-hybridized carbons (Fsp3) is 0.500. The lowest BCUT2D eigenvalue weighted by molar-refractivity contribution is -0.00437. The van der Waals surface area contributed by atoms with Crippen LogP contribution in [-0.2, 0) is 11.3 Å². The Hall–Kier alpha value is -0.930. The van der Waals surface area contributed by atoms with Gasteiger partial charge in [0, 0.05) is 19.1 Å². The Balaban J connectivity index is 1.98. The lowest BCUT2D eigenvalue weighted by atomic mass is 10.1. The summed E-state index contributed by atoms with van der Waals surface area (Å²) in [5, 5.41) is 0. The molecule has 0 N–H and O–H groups in total. The average molecular weight is 209 g/mol. The van der Waals surface area contributed by atoms with Crippen LogP contribution in [0.5, 0.6) is 0 Å². The van der Waals surface area contributed by atoms with E-state index in [9.17, 15) is 4.39 Å². The van der Waals surface area contributed by atoms with Crippen LogP contribution in [0.3, 0.4) is 0 Å². The van der Waals surface area contributed by atoms with Crippen LogP contribution in [-0.4, -0.2) is 30.7 Å². The number of morpholine rings is 1. The van der Waals surface area contributed by atoms with Gasteiger partial charge in [0.1, 0.15) is 5.82 Å². The fourth-order valence-electron chi connectivity index (χ4n) is 1.82. The van der Waals surface area contributed by atoms with Crippen molar-refractivity contribution in [3.63, 3.8) is 0 Å². The van der Waals surface area contributed by atoms with E-state index < -0.39 is 0 Å². The van der Waals surface area contributed by atoms with E-state index in [1.165, 1.54) is 12.1 Å². The maximum atomic E-state index is 12.7. The van der Waals surface area contributed by atoms with E-state index in [1.54, 1.807) is 0 Å². The molecule has 0 aromatic heterocycles. The van der Waals surface area contributed by atoms with Gasteiger partial charge in [-0.3, -0.25) is 4.90 Å². The molecule has 0 aliphatic carbocycles. The molecule has 82 valence electrons. The molecule has 0 radical (unpaired) electrons. The molecule has 1 aromatic rings. The monoisotopic (exact) mass is 209 g/mol. The Morgan fingerprint density at radius 1 is 1.40 bits per heavy atom. The van der Waals surface area contributed by atoms with Crippen LogP contribution in [0.15, 0.2) is 24.3 Å². The van der Waals surface area contributed by atoms with Crippen molar-refractivity contribution in [3.05, 3.63) is 35.6 Å². The van der Waals surface area contributed by atoms with Crippen molar-refractivity contribution in [2.75, 3.05) is 19.8 Å². The largest absolute Gasteiger partial charge is 0.379 e. The van der Waals surface area contributed by atoms with Crippen LogP contribution in [0, 0.1) is 5.82 Å². The summed E-state index contributed by atoms with van der Waals surface area (Å²) in [5.41, 5.74) is 1.16. The minimum absolute atomic E-state index is 0.172. The van der Waals surface area contributed by atoms with Gasteiger partial charge in [0.2, 0.25) is 0 Å². The molecule has 15 heavy (non-hydrogen) atoms. The van der Waals surface area contributed by atoms with Gasteiger partial charge in [-0.2, -0.15) is 0 Å². The lowest BCUT2D eigenvalue weighted by Gasteiger charge is -2.33. The van der Waals surface area contributed by atoms with Crippen molar-refractivity contribution < 1.29 is 9.13 Å². The normalized spacial score (nSPS) is 22.9. The minimum atomic E-state index is -0.172. The first-order valence-electron chi connectivity index (χ1n) is 5.32. The smallest absolute Gasteiger partial charge is 0.123 e. The molecule has 1 aromatic carbocycles. The van der Waals surface area contributed by atoms with Gasteiger partial charge in [0.15, 0.2) is 0 Å². The number of benzene rings is 1. The first-order valence-corrected chi connectivity index (χ1v) is 5.32. The summed E-state index contributed by atoms with van der Waals surface area (Å²) in [4.78, 5) is 2.36. The van der Waals surface area contributed by atoms with Gasteiger partial charge < -0.3 is 4.74 Å². The highest BCUT2D eigenvalue weighted by atomic mass is 19.1. The second-order valence-corrected chi connectivity index (χ2v) is 4.02. The van der Waals surface area contributed by atoms with Crippen molar-refractivity contribution in [2.45, 2.75) is 19.5 Å². The zero-order valence-corrected chi connectivity index (χ0v) is 8.95. The average Bonchev–Trinajstić information content (AvgIpc) is 2.25. The Labute approximate surface area is 89.7 Å². The van der Waals surface area contributed by atoms with Crippen LogP contribution in [0.4, 0.5) is 4.39 Å². The van der Waals surface area contributed by atoms with Crippen molar-refractivity contribution >= 4 is 0 Å². The highest BCUT2D eigenvalue weighted by Gasteiger charge is 2.18. The highest BCUT2D eigenvalue weighted by molar-refractivity contribution is 5.16. The van der Waals surface area contributed by atoms with Crippen LogP contribution in [0.2, 0.25) is 0 Å². The molecule has 0 saturated carbocycles. The van der Waals surface area contributed by atoms with Gasteiger partial charge in [-0.1, -0.05) is 12.1 Å². The number of halogens is 1. The molecule has 0 bridgehead atoms. The van der Waals surface area contributed by atoms with Gasteiger partial charge in [0.05, 0.1) is 13.2 Å². The number of hydrogen-bond acceptors (Lipinski definition) is 2. The summed E-state index contributed by atoms with van der Waals surface area (Å²) in [5.74, 6) is -0.172. The Bertz CT molecular complexity index is 312. The molecule has 0 amide bonds. The van der Waals surface area contributed by atoms with E-state index in [0.717, 1.165) is 31.9 Å². The molecule has 1 aliphatic rings. The predicted octanol–water partition coefficient (Wildman–Crippen LogP) is 2.05. The topological polar surface area (TPSA) is 12.5 Å². The van der Waals surface area contributed by atoms with Gasteiger partial charge in [0.25, 0.3) is 0 Å². The zero-order valence-electron chi connectivity index (χ0n) is 8.95. The molecule has 0 spiro atoms. The summed E-state index contributed by atoms with van der Waals surface area (Å²) in [7, 11) is 0. The summed E-state index contributed by atoms with van der Waals surface area (Å²) in [6.07, 6.45) is 0. The summed E-state index contributed by atoms with van der Waals surface area (Å²) < 4.78 is 18.1. The van der Waals surface area contributed by atoms with Crippen LogP contribution >= 0.6 is 0 Å². The standard InChI is InChI=1S/C12H16FNO/c1-10-9-15-7-6-14(10)8-11-2-4-12(13)5-3-11/h2-5,10H,6-9H2,1H3. The third-order valence-electron chi connectivity index (χ3n) is 2.80. The third-order valence-corrected chi connectivity index (χ3v) is 2.80. The molecule has 1 aliphatic heterocycles. The van der Waals surface area contributed by atoms with Gasteiger partial charge in [-0.05, 0) is 24.6 Å². The van der Waals surface area contributed by atoms with Gasteiger partial charge in [-0.15, -0.1) is 0 Å². The second kappa shape index (κ2) is 4.73. The Morgan fingerprint density at radius 3 is 2.80 bits per heavy atom. The Morgan fingerprint density at radius 2 is 2.13 bits per heavy atom. The molecular weight excluding hydrogens is 193 g/mol. The number of nitrogens with zero attached hydrogens (tertiary/aromatic N) is 1. The molecule has 2 nitrogen and oxygen atoms in total. The fourth-order valence-corrected chi connectivity index (χ4v) is 1.82. The summed E-state index contributed by atoms with van der Waals surface area (Å²) >= 11 is 0. The molecule has 1 fully saturated rings. The maximum absolute atomic E-state index is 12.7. The number of rotatable bonds is 2. The maximum Gasteiger partial charge on any atom is 0.123 e. The molecule has 1 unspecified atom stereocenters. The number of hydrogen-bond donors (Lipinski definition) is 0. The molecule has 1 atom stereocenters. The molecule has 2 rings (SSSR count). The summed E-state index contributed by atoms with van der Waals surface area (Å²) in [6.45, 7) is 5.58. The molecule has 3 heteroatoms. The predicted molar refractivity (Wildman–Crippen MR) is 57.1 cm³/mol. The Kier molecular flexibility index (Phi) is 3.34. The van der Waals surface area contributed by atoms with Gasteiger partial charge in [-0.25, -0.2) is 4.39 Å². The van der Waals surface area contributed by atoms with E-state index in [0.29, 0.717) is 6.04 Å². The van der Waals surface area contributed by atoms with Crippen LogP contribution in [0.25, 0.3) is 0 Å². The highest BCUT2D eigenvalue weighted by Crippen LogP contribution is 2.12. The van der Waals surface area contributed by atoms with Crippen molar-refractivity contribution in [3.8, 4) is 0 Å². The first-order chi connectivity index (χ1) is 7.25. The molecular formula is C12H16FNO.